The standard InChI is InChI=1S/C16H15F6N3O/c1-14(2,3)24-13(26)11-8-23-25(12(11)16(20,21)22)10-6-4-9(5-7-10)15(17,18)19/h4-8H,1-3H3,(H,24,26). The first-order valence-electron chi connectivity index (χ1n) is 7.35. The number of halogens is 6. The van der Waals surface area contributed by atoms with Crippen molar-refractivity contribution in [2.45, 2.75) is 38.7 Å². The first kappa shape index (κ1) is 19.8. The minimum atomic E-state index is -4.94. The van der Waals surface area contributed by atoms with E-state index >= 15 is 0 Å². The van der Waals surface area contributed by atoms with Crippen molar-refractivity contribution < 1.29 is 31.1 Å². The molecule has 26 heavy (non-hydrogen) atoms. The highest BCUT2D eigenvalue weighted by Crippen LogP contribution is 2.35. The predicted molar refractivity (Wildman–Crippen MR) is 80.8 cm³/mol. The van der Waals surface area contributed by atoms with Crippen molar-refractivity contribution in [3.8, 4) is 5.69 Å². The maximum Gasteiger partial charge on any atom is 0.434 e. The molecule has 1 N–H and O–H groups in total. The number of benzene rings is 1. The van der Waals surface area contributed by atoms with Crippen LogP contribution in [-0.2, 0) is 12.4 Å². The number of carbonyl (C=O) groups is 1. The third-order valence-electron chi connectivity index (χ3n) is 3.21. The summed E-state index contributed by atoms with van der Waals surface area (Å²) < 4.78 is 78.6. The number of alkyl halides is 6. The molecule has 0 spiro atoms. The van der Waals surface area contributed by atoms with Gasteiger partial charge in [0.15, 0.2) is 5.69 Å². The summed E-state index contributed by atoms with van der Waals surface area (Å²) in [5.74, 6) is -0.983. The van der Waals surface area contributed by atoms with E-state index in [2.05, 4.69) is 10.4 Å². The van der Waals surface area contributed by atoms with Gasteiger partial charge in [-0.2, -0.15) is 31.4 Å². The molecule has 2 rings (SSSR count). The van der Waals surface area contributed by atoms with E-state index in [0.717, 1.165) is 18.3 Å². The summed E-state index contributed by atoms with van der Waals surface area (Å²) in [6, 6.07) is 3.01. The minimum Gasteiger partial charge on any atom is -0.347 e. The summed E-state index contributed by atoms with van der Waals surface area (Å²) >= 11 is 0. The van der Waals surface area contributed by atoms with Crippen LogP contribution in [0.2, 0.25) is 0 Å². The Balaban J connectivity index is 2.52. The van der Waals surface area contributed by atoms with E-state index in [1.165, 1.54) is 0 Å². The van der Waals surface area contributed by atoms with Crippen LogP contribution in [0.4, 0.5) is 26.3 Å². The Kier molecular flexibility index (Phi) is 4.82. The van der Waals surface area contributed by atoms with Gasteiger partial charge in [-0.05, 0) is 45.0 Å². The van der Waals surface area contributed by atoms with E-state index < -0.39 is 40.6 Å². The number of aromatic nitrogens is 2. The summed E-state index contributed by atoms with van der Waals surface area (Å²) in [7, 11) is 0. The third-order valence-corrected chi connectivity index (χ3v) is 3.21. The fourth-order valence-corrected chi connectivity index (χ4v) is 2.18. The number of nitrogens with one attached hydrogen (secondary N) is 1. The summed E-state index contributed by atoms with van der Waals surface area (Å²) in [6.07, 6.45) is -8.82. The molecule has 0 atom stereocenters. The quantitative estimate of drug-likeness (QED) is 0.785. The van der Waals surface area contributed by atoms with Crippen molar-refractivity contribution in [2.24, 2.45) is 0 Å². The molecule has 1 heterocycles. The van der Waals surface area contributed by atoms with E-state index in [1.807, 2.05) is 0 Å². The van der Waals surface area contributed by atoms with Crippen LogP contribution in [0.15, 0.2) is 30.5 Å². The molecule has 142 valence electrons. The summed E-state index contributed by atoms with van der Waals surface area (Å²) in [6.45, 7) is 4.79. The van der Waals surface area contributed by atoms with Crippen LogP contribution >= 0.6 is 0 Å². The van der Waals surface area contributed by atoms with Gasteiger partial charge < -0.3 is 5.32 Å². The lowest BCUT2D eigenvalue weighted by atomic mass is 10.1. The lowest BCUT2D eigenvalue weighted by molar-refractivity contribution is -0.143. The van der Waals surface area contributed by atoms with Gasteiger partial charge in [0.1, 0.15) is 0 Å². The average molecular weight is 379 g/mol. The van der Waals surface area contributed by atoms with Gasteiger partial charge in [-0.15, -0.1) is 0 Å². The number of hydrogen-bond donors (Lipinski definition) is 1. The average Bonchev–Trinajstić information content (AvgIpc) is 2.89. The molecule has 1 amide bonds. The molecule has 0 radical (unpaired) electrons. The van der Waals surface area contributed by atoms with Crippen LogP contribution in [0, 0.1) is 0 Å². The number of nitrogens with zero attached hydrogens (tertiary/aromatic N) is 2. The van der Waals surface area contributed by atoms with E-state index in [4.69, 9.17) is 0 Å². The van der Waals surface area contributed by atoms with Crippen LogP contribution in [0.3, 0.4) is 0 Å². The van der Waals surface area contributed by atoms with Gasteiger partial charge in [-0.1, -0.05) is 0 Å². The molecule has 0 aliphatic rings. The van der Waals surface area contributed by atoms with E-state index in [9.17, 15) is 31.1 Å². The fraction of sp³-hybridized carbons (Fsp3) is 0.375. The second-order valence-electron chi connectivity index (χ2n) is 6.57. The van der Waals surface area contributed by atoms with Gasteiger partial charge >= 0.3 is 12.4 Å². The topological polar surface area (TPSA) is 46.9 Å². The molecular weight excluding hydrogens is 364 g/mol. The number of amides is 1. The van der Waals surface area contributed by atoms with Crippen LogP contribution < -0.4 is 5.32 Å². The van der Waals surface area contributed by atoms with Crippen molar-refractivity contribution in [1.82, 2.24) is 15.1 Å². The molecular formula is C16H15F6N3O. The zero-order valence-electron chi connectivity index (χ0n) is 14.0. The lowest BCUT2D eigenvalue weighted by Crippen LogP contribution is -2.41. The van der Waals surface area contributed by atoms with Crippen molar-refractivity contribution >= 4 is 5.91 Å². The van der Waals surface area contributed by atoms with Crippen molar-refractivity contribution in [2.75, 3.05) is 0 Å². The maximum absolute atomic E-state index is 13.5. The van der Waals surface area contributed by atoms with E-state index in [1.54, 1.807) is 20.8 Å². The molecule has 0 unspecified atom stereocenters. The summed E-state index contributed by atoms with van der Waals surface area (Å²) in [5, 5.41) is 5.95. The van der Waals surface area contributed by atoms with Crippen LogP contribution in [0.5, 0.6) is 0 Å². The molecule has 0 saturated carbocycles. The molecule has 0 bridgehead atoms. The minimum absolute atomic E-state index is 0.250. The Labute approximate surface area is 144 Å². The zero-order chi connectivity index (χ0) is 19.9. The number of hydrogen-bond acceptors (Lipinski definition) is 2. The van der Waals surface area contributed by atoms with Gasteiger partial charge in [-0.3, -0.25) is 4.79 Å². The maximum atomic E-state index is 13.5. The molecule has 1 aromatic carbocycles. The number of carbonyl (C=O) groups excluding carboxylic acids is 1. The second-order valence-corrected chi connectivity index (χ2v) is 6.57. The third kappa shape index (κ3) is 4.36. The van der Waals surface area contributed by atoms with Gasteiger partial charge in [-0.25, -0.2) is 4.68 Å². The fourth-order valence-electron chi connectivity index (χ4n) is 2.18. The molecule has 4 nitrogen and oxygen atoms in total. The van der Waals surface area contributed by atoms with E-state index in [0.29, 0.717) is 16.8 Å². The predicted octanol–water partition coefficient (Wildman–Crippen LogP) is 4.44. The van der Waals surface area contributed by atoms with Crippen LogP contribution in [0.1, 0.15) is 42.4 Å². The van der Waals surface area contributed by atoms with E-state index in [-0.39, 0.29) is 5.69 Å². The Bertz CT molecular complexity index is 797. The smallest absolute Gasteiger partial charge is 0.347 e. The highest BCUT2D eigenvalue weighted by Gasteiger charge is 2.41. The molecule has 2 aromatic rings. The van der Waals surface area contributed by atoms with Gasteiger partial charge in [0.25, 0.3) is 5.91 Å². The zero-order valence-corrected chi connectivity index (χ0v) is 14.0. The molecule has 0 fully saturated rings. The normalized spacial score (nSPS) is 13.0. The molecule has 0 aliphatic heterocycles. The van der Waals surface area contributed by atoms with Gasteiger partial charge in [0, 0.05) is 5.54 Å². The monoisotopic (exact) mass is 379 g/mol. The lowest BCUT2D eigenvalue weighted by Gasteiger charge is -2.21. The van der Waals surface area contributed by atoms with Gasteiger partial charge in [0.2, 0.25) is 0 Å². The van der Waals surface area contributed by atoms with Crippen molar-refractivity contribution in [3.63, 3.8) is 0 Å². The Morgan fingerprint density at radius 2 is 1.50 bits per heavy atom. The van der Waals surface area contributed by atoms with Crippen molar-refractivity contribution in [1.29, 1.82) is 0 Å². The highest BCUT2D eigenvalue weighted by molar-refractivity contribution is 5.95. The highest BCUT2D eigenvalue weighted by atomic mass is 19.4. The SMILES string of the molecule is CC(C)(C)NC(=O)c1cnn(-c2ccc(C(F)(F)F)cc2)c1C(F)(F)F. The Morgan fingerprint density at radius 3 is 1.92 bits per heavy atom. The second kappa shape index (κ2) is 6.33. The largest absolute Gasteiger partial charge is 0.434 e. The van der Waals surface area contributed by atoms with Crippen molar-refractivity contribution in [3.05, 3.63) is 47.3 Å². The summed E-state index contributed by atoms with van der Waals surface area (Å²) in [5.41, 5.74) is -4.12. The molecule has 1 aromatic heterocycles. The summed E-state index contributed by atoms with van der Waals surface area (Å²) in [4.78, 5) is 12.1. The Morgan fingerprint density at radius 1 is 0.962 bits per heavy atom. The Hall–Kier alpha value is -2.52. The van der Waals surface area contributed by atoms with Crippen LogP contribution in [-0.4, -0.2) is 21.2 Å². The van der Waals surface area contributed by atoms with Gasteiger partial charge in [0.05, 0.1) is 23.0 Å². The molecule has 0 aliphatic carbocycles. The first-order chi connectivity index (χ1) is 11.7. The molecule has 10 heteroatoms. The molecule has 0 saturated heterocycles. The number of rotatable bonds is 2. The van der Waals surface area contributed by atoms with Crippen LogP contribution in [0.25, 0.3) is 5.69 Å². The first-order valence-corrected chi connectivity index (χ1v) is 7.35.